The summed E-state index contributed by atoms with van der Waals surface area (Å²) in [4.78, 5) is 0. The molecule has 2 aliphatic rings. The zero-order chi connectivity index (χ0) is 14.5. The van der Waals surface area contributed by atoms with Crippen molar-refractivity contribution in [2.45, 2.75) is 22.8 Å². The minimum atomic E-state index is -3.35. The number of sulfone groups is 1. The number of hydrogen-bond donors (Lipinski definition) is 0. The van der Waals surface area contributed by atoms with Crippen LogP contribution >= 0.6 is 0 Å². The van der Waals surface area contributed by atoms with Gasteiger partial charge in [0.15, 0.2) is 9.84 Å². The highest BCUT2D eigenvalue weighted by Crippen LogP contribution is 2.47. The van der Waals surface area contributed by atoms with Crippen molar-refractivity contribution in [3.05, 3.63) is 35.9 Å². The van der Waals surface area contributed by atoms with Crippen LogP contribution in [0.1, 0.15) is 17.9 Å². The third-order valence-electron chi connectivity index (χ3n) is 4.12. The lowest BCUT2D eigenvalue weighted by molar-refractivity contribution is 0.310. The Morgan fingerprint density at radius 1 is 1.05 bits per heavy atom. The Morgan fingerprint density at radius 2 is 1.65 bits per heavy atom. The van der Waals surface area contributed by atoms with E-state index >= 15 is 0 Å². The molecule has 110 valence electrons. The van der Waals surface area contributed by atoms with Gasteiger partial charge >= 0.3 is 0 Å². The van der Waals surface area contributed by atoms with E-state index in [1.807, 2.05) is 30.3 Å². The predicted molar refractivity (Wildman–Crippen MR) is 76.7 cm³/mol. The molecule has 0 spiro atoms. The van der Waals surface area contributed by atoms with Crippen molar-refractivity contribution in [3.63, 3.8) is 0 Å². The van der Waals surface area contributed by atoms with Crippen molar-refractivity contribution in [2.24, 2.45) is 0 Å². The van der Waals surface area contributed by atoms with Gasteiger partial charge in [0.2, 0.25) is 10.0 Å². The Bertz CT molecular complexity index is 706. The third kappa shape index (κ3) is 2.38. The van der Waals surface area contributed by atoms with E-state index in [-0.39, 0.29) is 24.3 Å². The van der Waals surface area contributed by atoms with Crippen LogP contribution in [0.3, 0.4) is 0 Å². The molecule has 5 nitrogen and oxygen atoms in total. The first-order valence-corrected chi connectivity index (χ1v) is 9.98. The molecule has 7 heteroatoms. The van der Waals surface area contributed by atoms with E-state index in [4.69, 9.17) is 0 Å². The topological polar surface area (TPSA) is 71.5 Å². The molecule has 0 N–H and O–H groups in total. The van der Waals surface area contributed by atoms with Crippen molar-refractivity contribution in [2.75, 3.05) is 19.3 Å². The monoisotopic (exact) mass is 315 g/mol. The largest absolute Gasteiger partial charge is 0.229 e. The van der Waals surface area contributed by atoms with E-state index in [0.29, 0.717) is 6.42 Å². The number of nitrogens with zero attached hydrogens (tertiary/aromatic N) is 1. The SMILES string of the molecule is CS(=O)(=O)C1CN(S(=O)(=O)[C@@H]2C[C@H]2c2ccccc2)C1. The van der Waals surface area contributed by atoms with E-state index in [1.165, 1.54) is 4.31 Å². The van der Waals surface area contributed by atoms with Crippen molar-refractivity contribution in [1.82, 2.24) is 4.31 Å². The molecule has 1 heterocycles. The molecule has 1 saturated carbocycles. The summed E-state index contributed by atoms with van der Waals surface area (Å²) in [7, 11) is -6.49. The second kappa shape index (κ2) is 4.54. The molecule has 0 bridgehead atoms. The van der Waals surface area contributed by atoms with Crippen LogP contribution in [-0.2, 0) is 19.9 Å². The fourth-order valence-electron chi connectivity index (χ4n) is 2.62. The normalized spacial score (nSPS) is 28.1. The molecular formula is C13H17NO4S2. The van der Waals surface area contributed by atoms with E-state index in [1.54, 1.807) is 0 Å². The molecular weight excluding hydrogens is 298 g/mol. The quantitative estimate of drug-likeness (QED) is 0.816. The van der Waals surface area contributed by atoms with E-state index < -0.39 is 25.1 Å². The lowest BCUT2D eigenvalue weighted by Crippen LogP contribution is -2.57. The Hall–Kier alpha value is -0.920. The highest BCUT2D eigenvalue weighted by atomic mass is 32.2. The van der Waals surface area contributed by atoms with Crippen LogP contribution in [0.25, 0.3) is 0 Å². The fraction of sp³-hybridized carbons (Fsp3) is 0.538. The van der Waals surface area contributed by atoms with Gasteiger partial charge in [0.05, 0.1) is 10.5 Å². The van der Waals surface area contributed by atoms with Gasteiger partial charge in [-0.15, -0.1) is 0 Å². The van der Waals surface area contributed by atoms with Crippen LogP contribution in [0.5, 0.6) is 0 Å². The lowest BCUT2D eigenvalue weighted by atomic mass is 10.1. The summed E-state index contributed by atoms with van der Waals surface area (Å²) in [6.45, 7) is 0.221. The second-order valence-corrected chi connectivity index (χ2v) is 10.1. The van der Waals surface area contributed by atoms with Crippen molar-refractivity contribution < 1.29 is 16.8 Å². The first kappa shape index (κ1) is 14.0. The summed E-state index contributed by atoms with van der Waals surface area (Å²) in [5.74, 6) is 0.0542. The maximum atomic E-state index is 12.4. The Balaban J connectivity index is 1.68. The van der Waals surface area contributed by atoms with Gasteiger partial charge in [0.1, 0.15) is 0 Å². The summed E-state index contributed by atoms with van der Waals surface area (Å²) in [5.41, 5.74) is 1.04. The van der Waals surface area contributed by atoms with Gasteiger partial charge in [-0.05, 0) is 12.0 Å². The van der Waals surface area contributed by atoms with Crippen molar-refractivity contribution in [1.29, 1.82) is 0 Å². The molecule has 0 radical (unpaired) electrons. The Labute approximate surface area is 119 Å². The molecule has 1 saturated heterocycles. The van der Waals surface area contributed by atoms with Gasteiger partial charge < -0.3 is 0 Å². The van der Waals surface area contributed by atoms with Gasteiger partial charge in [-0.1, -0.05) is 30.3 Å². The molecule has 0 aromatic heterocycles. The van der Waals surface area contributed by atoms with E-state index in [9.17, 15) is 16.8 Å². The zero-order valence-electron chi connectivity index (χ0n) is 11.1. The predicted octanol–water partition coefficient (Wildman–Crippen LogP) is 0.601. The molecule has 0 unspecified atom stereocenters. The van der Waals surface area contributed by atoms with Crippen LogP contribution in [0.2, 0.25) is 0 Å². The van der Waals surface area contributed by atoms with Crippen molar-refractivity contribution in [3.8, 4) is 0 Å². The van der Waals surface area contributed by atoms with E-state index in [0.717, 1.165) is 11.8 Å². The lowest BCUT2D eigenvalue weighted by Gasteiger charge is -2.36. The van der Waals surface area contributed by atoms with Crippen LogP contribution in [-0.4, -0.2) is 51.0 Å². The molecule has 2 atom stereocenters. The van der Waals surface area contributed by atoms with E-state index in [2.05, 4.69) is 0 Å². The third-order valence-corrected chi connectivity index (χ3v) is 7.94. The molecule has 1 aromatic carbocycles. The Morgan fingerprint density at radius 3 is 2.20 bits per heavy atom. The van der Waals surface area contributed by atoms with Crippen LogP contribution in [0.15, 0.2) is 30.3 Å². The molecule has 20 heavy (non-hydrogen) atoms. The summed E-state index contributed by atoms with van der Waals surface area (Å²) < 4.78 is 48.7. The van der Waals surface area contributed by atoms with Crippen LogP contribution < -0.4 is 0 Å². The van der Waals surface area contributed by atoms with Gasteiger partial charge in [0, 0.05) is 25.3 Å². The molecule has 1 aliphatic carbocycles. The highest BCUT2D eigenvalue weighted by molar-refractivity contribution is 7.92. The Kier molecular flexibility index (Phi) is 3.19. The minimum absolute atomic E-state index is 0.0542. The number of benzene rings is 1. The average molecular weight is 315 g/mol. The maximum absolute atomic E-state index is 12.4. The summed E-state index contributed by atoms with van der Waals surface area (Å²) in [5, 5.41) is -0.920. The summed E-state index contributed by atoms with van der Waals surface area (Å²) in [6.07, 6.45) is 1.79. The van der Waals surface area contributed by atoms with Gasteiger partial charge in [0.25, 0.3) is 0 Å². The fourth-order valence-corrected chi connectivity index (χ4v) is 5.89. The number of hydrogen-bond acceptors (Lipinski definition) is 4. The zero-order valence-corrected chi connectivity index (χ0v) is 12.8. The number of rotatable bonds is 4. The molecule has 2 fully saturated rings. The highest BCUT2D eigenvalue weighted by Gasteiger charge is 2.53. The molecule has 1 aromatic rings. The first-order chi connectivity index (χ1) is 9.30. The standard InChI is InChI=1S/C13H17NO4S2/c1-19(15,16)11-8-14(9-11)20(17,18)13-7-12(13)10-5-3-2-4-6-10/h2-6,11-13H,7-9H2,1H3/t12-,13+/m0/s1. The van der Waals surface area contributed by atoms with Gasteiger partial charge in [-0.25, -0.2) is 16.8 Å². The van der Waals surface area contributed by atoms with Crippen LogP contribution in [0, 0.1) is 0 Å². The molecule has 0 amide bonds. The smallest absolute Gasteiger partial charge is 0.217 e. The number of sulfonamides is 1. The minimum Gasteiger partial charge on any atom is -0.229 e. The van der Waals surface area contributed by atoms with Gasteiger partial charge in [-0.3, -0.25) is 0 Å². The summed E-state index contributed by atoms with van der Waals surface area (Å²) >= 11 is 0. The van der Waals surface area contributed by atoms with Crippen LogP contribution in [0.4, 0.5) is 0 Å². The second-order valence-electron chi connectivity index (χ2n) is 5.60. The van der Waals surface area contributed by atoms with Crippen molar-refractivity contribution >= 4 is 19.9 Å². The summed E-state index contributed by atoms with van der Waals surface area (Å²) in [6, 6.07) is 9.59. The average Bonchev–Trinajstić information content (AvgIpc) is 3.05. The molecule has 1 aliphatic heterocycles. The first-order valence-electron chi connectivity index (χ1n) is 6.53. The van der Waals surface area contributed by atoms with Gasteiger partial charge in [-0.2, -0.15) is 4.31 Å². The maximum Gasteiger partial charge on any atom is 0.217 e. The molecule has 3 rings (SSSR count).